The van der Waals surface area contributed by atoms with E-state index in [4.69, 9.17) is 0 Å². The van der Waals surface area contributed by atoms with Crippen LogP contribution in [0.15, 0.2) is 34.1 Å². The fourth-order valence-electron chi connectivity index (χ4n) is 1.95. The van der Waals surface area contributed by atoms with Crippen molar-refractivity contribution < 1.29 is 13.2 Å². The van der Waals surface area contributed by atoms with Gasteiger partial charge in [-0.1, -0.05) is 24.3 Å². The molecule has 0 aliphatic rings. The summed E-state index contributed by atoms with van der Waals surface area (Å²) in [7, 11) is -2.42. The minimum atomic E-state index is -2.42. The molecule has 0 unspecified atom stereocenters. The third-order valence-electron chi connectivity index (χ3n) is 2.91. The number of nitrogens with one attached hydrogen (secondary N) is 1. The zero-order valence-corrected chi connectivity index (χ0v) is 15.4. The molecule has 0 atom stereocenters. The Bertz CT molecular complexity index is 741. The Balaban J connectivity index is 2.25. The first kappa shape index (κ1) is 17.2. The Kier molecular flexibility index (Phi) is 5.77. The number of halogens is 1. The second-order valence-electron chi connectivity index (χ2n) is 5.11. The quantitative estimate of drug-likeness (QED) is 0.754. The number of thiophene rings is 1. The molecule has 0 radical (unpaired) electrons. The Labute approximate surface area is 143 Å². The van der Waals surface area contributed by atoms with Gasteiger partial charge in [0.1, 0.15) is 10.7 Å². The molecule has 1 aromatic heterocycles. The van der Waals surface area contributed by atoms with E-state index in [9.17, 15) is 13.2 Å². The molecule has 4 nitrogen and oxygen atoms in total. The van der Waals surface area contributed by atoms with Crippen molar-refractivity contribution in [2.75, 3.05) is 0 Å². The van der Waals surface area contributed by atoms with Crippen LogP contribution in [0, 0.1) is 0 Å². The summed E-state index contributed by atoms with van der Waals surface area (Å²) < 4.78 is 22.3. The molecule has 0 aliphatic heterocycles. The summed E-state index contributed by atoms with van der Waals surface area (Å²) in [6, 6.07) is 9.24. The van der Waals surface area contributed by atoms with E-state index in [0.29, 0.717) is 4.88 Å². The Morgan fingerprint density at radius 2 is 1.91 bits per heavy atom. The zero-order chi connectivity index (χ0) is 16.3. The molecule has 1 N–H and O–H groups in total. The van der Waals surface area contributed by atoms with Crippen LogP contribution in [0.5, 0.6) is 0 Å². The number of amides is 1. The fourth-order valence-corrected chi connectivity index (χ4v) is 4.13. The van der Waals surface area contributed by atoms with Gasteiger partial charge < -0.3 is 5.32 Å². The molecule has 2 aromatic rings. The van der Waals surface area contributed by atoms with E-state index in [1.165, 1.54) is 11.3 Å². The van der Waals surface area contributed by atoms with Crippen molar-refractivity contribution in [2.24, 2.45) is 0 Å². The number of carbonyl (C=O) groups is 1. The summed E-state index contributed by atoms with van der Waals surface area (Å²) in [5, 5.41) is 2.87. The van der Waals surface area contributed by atoms with Gasteiger partial charge in [-0.3, -0.25) is 4.79 Å². The summed E-state index contributed by atoms with van der Waals surface area (Å²) in [6.07, 6.45) is 0. The SMILES string of the molecule is CC(C)NC(=O)c1cc(-c2ccc(C[SH](=O)=O)cc2)c(Br)s1. The molecule has 0 aliphatic carbocycles. The highest BCUT2D eigenvalue weighted by Crippen LogP contribution is 2.36. The van der Waals surface area contributed by atoms with E-state index < -0.39 is 10.7 Å². The van der Waals surface area contributed by atoms with Gasteiger partial charge in [0, 0.05) is 11.6 Å². The average Bonchev–Trinajstić information content (AvgIpc) is 2.80. The first-order valence-electron chi connectivity index (χ1n) is 6.68. The molecule has 0 spiro atoms. The van der Waals surface area contributed by atoms with Gasteiger partial charge in [-0.05, 0) is 47.0 Å². The van der Waals surface area contributed by atoms with Crippen LogP contribution in [-0.2, 0) is 16.5 Å². The maximum absolute atomic E-state index is 12.0. The van der Waals surface area contributed by atoms with Crippen LogP contribution >= 0.6 is 27.3 Å². The molecule has 2 rings (SSSR count). The normalized spacial score (nSPS) is 11.1. The van der Waals surface area contributed by atoms with Crippen LogP contribution in [-0.4, -0.2) is 20.4 Å². The number of benzene rings is 1. The minimum absolute atomic E-state index is 0.0441. The average molecular weight is 402 g/mol. The lowest BCUT2D eigenvalue weighted by Gasteiger charge is -2.05. The van der Waals surface area contributed by atoms with Gasteiger partial charge in [0.25, 0.3) is 5.91 Å². The smallest absolute Gasteiger partial charge is 0.261 e. The van der Waals surface area contributed by atoms with E-state index in [1.807, 2.05) is 32.0 Å². The fraction of sp³-hybridized carbons (Fsp3) is 0.267. The molecule has 1 heterocycles. The lowest BCUT2D eigenvalue weighted by molar-refractivity contribution is 0.0947. The molecule has 22 heavy (non-hydrogen) atoms. The van der Waals surface area contributed by atoms with E-state index in [-0.39, 0.29) is 17.7 Å². The number of rotatable bonds is 5. The second kappa shape index (κ2) is 7.39. The van der Waals surface area contributed by atoms with Gasteiger partial charge in [-0.2, -0.15) is 0 Å². The van der Waals surface area contributed by atoms with Gasteiger partial charge in [0.2, 0.25) is 0 Å². The highest BCUT2D eigenvalue weighted by Gasteiger charge is 2.15. The minimum Gasteiger partial charge on any atom is -0.349 e. The molecule has 1 aromatic carbocycles. The van der Waals surface area contributed by atoms with Crippen molar-refractivity contribution in [3.63, 3.8) is 0 Å². The zero-order valence-electron chi connectivity index (χ0n) is 12.1. The summed E-state index contributed by atoms with van der Waals surface area (Å²) in [6.45, 7) is 3.84. The number of hydrogen-bond donors (Lipinski definition) is 2. The van der Waals surface area contributed by atoms with Crippen LogP contribution in [0.1, 0.15) is 29.1 Å². The lowest BCUT2D eigenvalue weighted by atomic mass is 10.1. The van der Waals surface area contributed by atoms with E-state index >= 15 is 0 Å². The summed E-state index contributed by atoms with van der Waals surface area (Å²) in [5.41, 5.74) is 2.62. The van der Waals surface area contributed by atoms with Crippen molar-refractivity contribution in [1.82, 2.24) is 5.32 Å². The van der Waals surface area contributed by atoms with Gasteiger partial charge in [0.05, 0.1) is 14.4 Å². The molecule has 0 fully saturated rings. The van der Waals surface area contributed by atoms with Gasteiger partial charge in [-0.25, -0.2) is 8.42 Å². The van der Waals surface area contributed by atoms with Crippen molar-refractivity contribution in [1.29, 1.82) is 0 Å². The maximum Gasteiger partial charge on any atom is 0.261 e. The van der Waals surface area contributed by atoms with E-state index in [1.54, 1.807) is 12.1 Å². The largest absolute Gasteiger partial charge is 0.349 e. The number of carbonyl (C=O) groups excluding carboxylic acids is 1. The van der Waals surface area contributed by atoms with Crippen LogP contribution in [0.2, 0.25) is 0 Å². The third kappa shape index (κ3) is 4.41. The van der Waals surface area contributed by atoms with Crippen molar-refractivity contribution in [3.8, 4) is 11.1 Å². The van der Waals surface area contributed by atoms with Crippen LogP contribution in [0.4, 0.5) is 0 Å². The highest BCUT2D eigenvalue weighted by molar-refractivity contribution is 9.11. The van der Waals surface area contributed by atoms with E-state index in [0.717, 1.165) is 20.5 Å². The highest BCUT2D eigenvalue weighted by atomic mass is 79.9. The number of thiol groups is 1. The number of hydrogen-bond acceptors (Lipinski definition) is 4. The van der Waals surface area contributed by atoms with Crippen molar-refractivity contribution in [2.45, 2.75) is 25.6 Å². The molecular formula is C15H16BrNO3S2. The van der Waals surface area contributed by atoms with Gasteiger partial charge in [-0.15, -0.1) is 11.3 Å². The predicted octanol–water partition coefficient (Wildman–Crippen LogP) is 3.43. The van der Waals surface area contributed by atoms with Crippen molar-refractivity contribution in [3.05, 3.63) is 44.6 Å². The monoisotopic (exact) mass is 401 g/mol. The van der Waals surface area contributed by atoms with Crippen molar-refractivity contribution >= 4 is 43.9 Å². The van der Waals surface area contributed by atoms with Crippen LogP contribution < -0.4 is 5.32 Å². The predicted molar refractivity (Wildman–Crippen MR) is 94.1 cm³/mol. The molecule has 7 heteroatoms. The Hall–Kier alpha value is -1.18. The molecule has 118 valence electrons. The first-order valence-corrected chi connectivity index (χ1v) is 9.65. The standard InChI is InChI=1S/C15H16BrNO3S2/c1-9(2)17-15(18)13-7-12(14(16)21-13)11-5-3-10(4-6-11)8-22(19)20/h3-7,9,22H,8H2,1-2H3,(H,17,18). The summed E-state index contributed by atoms with van der Waals surface area (Å²) in [4.78, 5) is 12.7. The Morgan fingerprint density at radius 3 is 2.45 bits per heavy atom. The lowest BCUT2D eigenvalue weighted by Crippen LogP contribution is -2.29. The van der Waals surface area contributed by atoms with Crippen LogP contribution in [0.3, 0.4) is 0 Å². The second-order valence-corrected chi connectivity index (χ2v) is 8.47. The molecule has 1 amide bonds. The Morgan fingerprint density at radius 1 is 1.27 bits per heavy atom. The third-order valence-corrected chi connectivity index (χ3v) is 5.37. The molecule has 0 saturated carbocycles. The summed E-state index contributed by atoms with van der Waals surface area (Å²) >= 11 is 4.87. The molecule has 0 saturated heterocycles. The first-order chi connectivity index (χ1) is 10.4. The van der Waals surface area contributed by atoms with E-state index in [2.05, 4.69) is 21.2 Å². The summed E-state index contributed by atoms with van der Waals surface area (Å²) in [5.74, 6) is -0.0467. The topological polar surface area (TPSA) is 63.2 Å². The van der Waals surface area contributed by atoms with Crippen LogP contribution in [0.25, 0.3) is 11.1 Å². The van der Waals surface area contributed by atoms with Gasteiger partial charge in [0.15, 0.2) is 0 Å². The maximum atomic E-state index is 12.0. The molecule has 0 bridgehead atoms. The molecular weight excluding hydrogens is 386 g/mol. The van der Waals surface area contributed by atoms with Gasteiger partial charge >= 0.3 is 0 Å².